The van der Waals surface area contributed by atoms with E-state index in [0.717, 1.165) is 38.5 Å². The van der Waals surface area contributed by atoms with Crippen LogP contribution in [-0.4, -0.2) is 18.4 Å². The van der Waals surface area contributed by atoms with Gasteiger partial charge in [-0.25, -0.2) is 0 Å². The number of nitrogens with one attached hydrogen (secondary N) is 2. The monoisotopic (exact) mass is 394 g/mol. The maximum Gasteiger partial charge on any atom is 0.255 e. The zero-order valence-corrected chi connectivity index (χ0v) is 17.1. The summed E-state index contributed by atoms with van der Waals surface area (Å²) in [6.07, 6.45) is 7.42. The first-order valence-electron chi connectivity index (χ1n) is 10.6. The van der Waals surface area contributed by atoms with E-state index in [0.29, 0.717) is 29.3 Å². The third-order valence-corrected chi connectivity index (χ3v) is 5.23. The van der Waals surface area contributed by atoms with Crippen LogP contribution in [0.25, 0.3) is 0 Å². The van der Waals surface area contributed by atoms with E-state index in [1.54, 1.807) is 18.2 Å². The van der Waals surface area contributed by atoms with Crippen LogP contribution in [0, 0.1) is 5.92 Å². The second kappa shape index (κ2) is 10.6. The van der Waals surface area contributed by atoms with Crippen molar-refractivity contribution in [3.05, 3.63) is 54.1 Å². The number of benzene rings is 2. The Morgan fingerprint density at radius 1 is 0.966 bits per heavy atom. The second-order valence-electron chi connectivity index (χ2n) is 7.59. The highest BCUT2D eigenvalue weighted by molar-refractivity contribution is 6.05. The Labute approximate surface area is 172 Å². The van der Waals surface area contributed by atoms with Crippen molar-refractivity contribution in [2.45, 2.75) is 51.9 Å². The highest BCUT2D eigenvalue weighted by atomic mass is 16.5. The van der Waals surface area contributed by atoms with E-state index in [1.807, 2.05) is 30.3 Å². The minimum atomic E-state index is -0.207. The molecule has 3 rings (SSSR count). The first-order chi connectivity index (χ1) is 14.2. The van der Waals surface area contributed by atoms with Crippen molar-refractivity contribution >= 4 is 23.2 Å². The smallest absolute Gasteiger partial charge is 0.255 e. The van der Waals surface area contributed by atoms with E-state index in [4.69, 9.17) is 4.74 Å². The van der Waals surface area contributed by atoms with Crippen molar-refractivity contribution in [2.24, 2.45) is 5.92 Å². The largest absolute Gasteiger partial charge is 0.494 e. The molecule has 2 N–H and O–H groups in total. The lowest BCUT2D eigenvalue weighted by molar-refractivity contribution is -0.120. The molecule has 0 unspecified atom stereocenters. The molecule has 29 heavy (non-hydrogen) atoms. The quantitative estimate of drug-likeness (QED) is 0.570. The lowest BCUT2D eigenvalue weighted by Crippen LogP contribution is -2.24. The molecule has 5 nitrogen and oxygen atoms in total. The van der Waals surface area contributed by atoms with Crippen LogP contribution < -0.4 is 15.4 Å². The standard InChI is InChI=1S/C24H30N2O3/c1-2-3-15-29-22-14-7-11-19(16-22)24(28)26-21-13-8-12-20(17-21)25-23(27)18-9-5-4-6-10-18/h7-8,11-14,16-18H,2-6,9-10,15H2,1H3,(H,25,27)(H,26,28). The molecule has 0 aliphatic heterocycles. The Bertz CT molecular complexity index is 828. The van der Waals surface area contributed by atoms with Crippen molar-refractivity contribution in [3.63, 3.8) is 0 Å². The number of unbranched alkanes of at least 4 members (excludes halogenated alkanes) is 1. The summed E-state index contributed by atoms with van der Waals surface area (Å²) in [4.78, 5) is 25.1. The predicted octanol–water partition coefficient (Wildman–Crippen LogP) is 5.64. The first-order valence-corrected chi connectivity index (χ1v) is 10.6. The summed E-state index contributed by atoms with van der Waals surface area (Å²) in [5, 5.41) is 5.89. The van der Waals surface area contributed by atoms with Gasteiger partial charge in [-0.3, -0.25) is 9.59 Å². The van der Waals surface area contributed by atoms with E-state index in [-0.39, 0.29) is 17.7 Å². The molecule has 2 aromatic carbocycles. The van der Waals surface area contributed by atoms with E-state index in [9.17, 15) is 9.59 Å². The van der Waals surface area contributed by atoms with Crippen LogP contribution in [0.4, 0.5) is 11.4 Å². The molecular weight excluding hydrogens is 364 g/mol. The Morgan fingerprint density at radius 2 is 1.69 bits per heavy atom. The van der Waals surface area contributed by atoms with E-state index in [2.05, 4.69) is 17.6 Å². The summed E-state index contributed by atoms with van der Waals surface area (Å²) in [7, 11) is 0. The molecule has 0 spiro atoms. The summed E-state index contributed by atoms with van der Waals surface area (Å²) in [5.41, 5.74) is 1.89. The Morgan fingerprint density at radius 3 is 2.45 bits per heavy atom. The SMILES string of the molecule is CCCCOc1cccc(C(=O)Nc2cccc(NC(=O)C3CCCCC3)c2)c1. The van der Waals surface area contributed by atoms with Gasteiger partial charge >= 0.3 is 0 Å². The summed E-state index contributed by atoms with van der Waals surface area (Å²) in [6, 6.07) is 14.5. The number of hydrogen-bond acceptors (Lipinski definition) is 3. The molecule has 1 saturated carbocycles. The van der Waals surface area contributed by atoms with Crippen molar-refractivity contribution in [1.82, 2.24) is 0 Å². The molecule has 154 valence electrons. The summed E-state index contributed by atoms with van der Waals surface area (Å²) in [5.74, 6) is 0.656. The zero-order valence-electron chi connectivity index (χ0n) is 17.1. The number of anilines is 2. The average Bonchev–Trinajstić information content (AvgIpc) is 2.75. The molecule has 2 aromatic rings. The minimum absolute atomic E-state index is 0.0742. The highest BCUT2D eigenvalue weighted by Gasteiger charge is 2.21. The highest BCUT2D eigenvalue weighted by Crippen LogP contribution is 2.25. The van der Waals surface area contributed by atoms with Gasteiger partial charge in [0.05, 0.1) is 6.61 Å². The molecule has 0 bridgehead atoms. The van der Waals surface area contributed by atoms with Crippen LogP contribution >= 0.6 is 0 Å². The summed E-state index contributed by atoms with van der Waals surface area (Å²) < 4.78 is 5.68. The molecule has 0 aromatic heterocycles. The van der Waals surface area contributed by atoms with E-state index >= 15 is 0 Å². The predicted molar refractivity (Wildman–Crippen MR) is 116 cm³/mol. The minimum Gasteiger partial charge on any atom is -0.494 e. The van der Waals surface area contributed by atoms with Crippen molar-refractivity contribution in [2.75, 3.05) is 17.2 Å². The van der Waals surface area contributed by atoms with E-state index in [1.165, 1.54) is 6.42 Å². The fourth-order valence-electron chi connectivity index (χ4n) is 3.55. The van der Waals surface area contributed by atoms with Gasteiger partial charge in [0.1, 0.15) is 5.75 Å². The zero-order chi connectivity index (χ0) is 20.5. The Hall–Kier alpha value is -2.82. The number of hydrogen-bond donors (Lipinski definition) is 2. The fraction of sp³-hybridized carbons (Fsp3) is 0.417. The number of carbonyl (C=O) groups is 2. The van der Waals surface area contributed by atoms with Crippen molar-refractivity contribution < 1.29 is 14.3 Å². The van der Waals surface area contributed by atoms with Crippen LogP contribution in [0.3, 0.4) is 0 Å². The maximum atomic E-state index is 12.6. The molecular formula is C24H30N2O3. The van der Waals surface area contributed by atoms with Gasteiger partial charge in [0.15, 0.2) is 0 Å². The second-order valence-corrected chi connectivity index (χ2v) is 7.59. The molecule has 0 atom stereocenters. The maximum absolute atomic E-state index is 12.6. The Kier molecular flexibility index (Phi) is 7.68. The van der Waals surface area contributed by atoms with Gasteiger partial charge in [-0.05, 0) is 55.7 Å². The van der Waals surface area contributed by atoms with Gasteiger partial charge in [-0.2, -0.15) is 0 Å². The van der Waals surface area contributed by atoms with Crippen LogP contribution in [0.2, 0.25) is 0 Å². The van der Waals surface area contributed by atoms with Gasteiger partial charge in [0, 0.05) is 22.9 Å². The van der Waals surface area contributed by atoms with Crippen LogP contribution in [0.5, 0.6) is 5.75 Å². The van der Waals surface area contributed by atoms with Gasteiger partial charge in [-0.15, -0.1) is 0 Å². The third-order valence-electron chi connectivity index (χ3n) is 5.23. The fourth-order valence-corrected chi connectivity index (χ4v) is 3.55. The molecule has 0 radical (unpaired) electrons. The molecule has 1 fully saturated rings. The van der Waals surface area contributed by atoms with Crippen LogP contribution in [-0.2, 0) is 4.79 Å². The molecule has 0 saturated heterocycles. The molecule has 2 amide bonds. The molecule has 1 aliphatic rings. The lowest BCUT2D eigenvalue weighted by atomic mass is 9.88. The van der Waals surface area contributed by atoms with Crippen molar-refractivity contribution in [3.8, 4) is 5.75 Å². The molecule has 0 heterocycles. The first kappa shape index (κ1) is 20.9. The lowest BCUT2D eigenvalue weighted by Gasteiger charge is -2.20. The van der Waals surface area contributed by atoms with Crippen molar-refractivity contribution in [1.29, 1.82) is 0 Å². The van der Waals surface area contributed by atoms with Gasteiger partial charge in [0.25, 0.3) is 5.91 Å². The Balaban J connectivity index is 1.60. The van der Waals surface area contributed by atoms with Gasteiger partial charge in [0.2, 0.25) is 5.91 Å². The number of carbonyl (C=O) groups excluding carboxylic acids is 2. The van der Waals surface area contributed by atoms with Gasteiger partial charge < -0.3 is 15.4 Å². The molecule has 5 heteroatoms. The summed E-state index contributed by atoms with van der Waals surface area (Å²) >= 11 is 0. The molecule has 1 aliphatic carbocycles. The average molecular weight is 395 g/mol. The number of rotatable bonds is 8. The van der Waals surface area contributed by atoms with Crippen LogP contribution in [0.15, 0.2) is 48.5 Å². The number of amides is 2. The summed E-state index contributed by atoms with van der Waals surface area (Å²) in [6.45, 7) is 2.75. The van der Waals surface area contributed by atoms with E-state index < -0.39 is 0 Å². The van der Waals surface area contributed by atoms with Crippen LogP contribution in [0.1, 0.15) is 62.2 Å². The van der Waals surface area contributed by atoms with Gasteiger partial charge in [-0.1, -0.05) is 44.7 Å². The topological polar surface area (TPSA) is 67.4 Å². The third kappa shape index (κ3) is 6.34. The normalized spacial score (nSPS) is 14.2. The number of ether oxygens (including phenoxy) is 1.